The number of aromatic hydroxyl groups is 1. The molecule has 0 bridgehead atoms. The number of nitrogens with one attached hydrogen (secondary N) is 3. The number of nitrogens with two attached hydrogens (primary N) is 1. The molecule has 11 nitrogen and oxygen atoms in total. The lowest BCUT2D eigenvalue weighted by molar-refractivity contribution is -0.142. The second kappa shape index (κ2) is 12.9. The van der Waals surface area contributed by atoms with Crippen molar-refractivity contribution in [2.24, 2.45) is 5.73 Å². The lowest BCUT2D eigenvalue weighted by Crippen LogP contribution is -2.57. The smallest absolute Gasteiger partial charge is 0.327 e. The maximum absolute atomic E-state index is 13.4. The van der Waals surface area contributed by atoms with Gasteiger partial charge in [0.25, 0.3) is 0 Å². The van der Waals surface area contributed by atoms with Crippen LogP contribution in [0.25, 0.3) is 10.9 Å². The number of carbonyl (C=O) groups excluding carboxylic acids is 3. The quantitative estimate of drug-likeness (QED) is 0.169. The van der Waals surface area contributed by atoms with Gasteiger partial charge in [-0.1, -0.05) is 30.3 Å². The lowest BCUT2D eigenvalue weighted by Gasteiger charge is -2.28. The first kappa shape index (κ1) is 29.0. The number of carboxylic acids is 1. The molecule has 1 fully saturated rings. The molecule has 4 rings (SSSR count). The Labute approximate surface area is 236 Å². The minimum Gasteiger partial charge on any atom is -0.508 e. The number of H-pyrrole nitrogens is 1. The van der Waals surface area contributed by atoms with E-state index in [4.69, 9.17) is 5.73 Å². The number of hydrogen-bond donors (Lipinski definition) is 7. The molecule has 1 aliphatic heterocycles. The first-order valence-corrected chi connectivity index (χ1v) is 13.6. The highest BCUT2D eigenvalue weighted by Crippen LogP contribution is 2.22. The maximum Gasteiger partial charge on any atom is 0.327 e. The average molecular weight is 568 g/mol. The summed E-state index contributed by atoms with van der Waals surface area (Å²) in [6.07, 6.45) is 3.16. The van der Waals surface area contributed by atoms with Crippen LogP contribution in [0.1, 0.15) is 24.0 Å². The fourth-order valence-corrected chi connectivity index (χ4v) is 5.19. The average Bonchev–Trinajstić information content (AvgIpc) is 3.59. The summed E-state index contributed by atoms with van der Waals surface area (Å²) in [6.45, 7) is 0.355. The van der Waals surface area contributed by atoms with Crippen molar-refractivity contribution in [2.75, 3.05) is 12.3 Å². The van der Waals surface area contributed by atoms with Gasteiger partial charge >= 0.3 is 5.97 Å². The number of aliphatic carboxylic acids is 1. The van der Waals surface area contributed by atoms with Crippen molar-refractivity contribution in [1.82, 2.24) is 20.5 Å². The van der Waals surface area contributed by atoms with E-state index < -0.39 is 42.0 Å². The molecule has 1 aromatic heterocycles. The van der Waals surface area contributed by atoms with Crippen molar-refractivity contribution in [3.8, 4) is 5.75 Å². The Kier molecular flexibility index (Phi) is 9.33. The van der Waals surface area contributed by atoms with E-state index >= 15 is 0 Å². The summed E-state index contributed by atoms with van der Waals surface area (Å²) in [5, 5.41) is 25.0. The van der Waals surface area contributed by atoms with Crippen LogP contribution < -0.4 is 16.4 Å². The molecule has 0 aliphatic carbocycles. The van der Waals surface area contributed by atoms with Crippen LogP contribution in [0.4, 0.5) is 0 Å². The van der Waals surface area contributed by atoms with E-state index in [-0.39, 0.29) is 23.8 Å². The first-order chi connectivity index (χ1) is 19.2. The zero-order chi connectivity index (χ0) is 28.8. The number of carbonyl (C=O) groups is 4. The van der Waals surface area contributed by atoms with Gasteiger partial charge in [0.15, 0.2) is 0 Å². The summed E-state index contributed by atoms with van der Waals surface area (Å²) in [5.41, 5.74) is 8.80. The van der Waals surface area contributed by atoms with Crippen molar-refractivity contribution >= 4 is 47.2 Å². The van der Waals surface area contributed by atoms with Crippen LogP contribution in [0, 0.1) is 0 Å². The van der Waals surface area contributed by atoms with E-state index in [0.717, 1.165) is 16.5 Å². The van der Waals surface area contributed by atoms with Gasteiger partial charge in [0.05, 0.1) is 6.04 Å². The third-order valence-corrected chi connectivity index (χ3v) is 7.44. The summed E-state index contributed by atoms with van der Waals surface area (Å²) < 4.78 is 0. The minimum absolute atomic E-state index is 0.0392. The molecule has 0 spiro atoms. The van der Waals surface area contributed by atoms with Gasteiger partial charge in [-0.15, -0.1) is 0 Å². The van der Waals surface area contributed by atoms with E-state index in [1.165, 1.54) is 17.0 Å². The molecule has 40 heavy (non-hydrogen) atoms. The predicted molar refractivity (Wildman–Crippen MR) is 152 cm³/mol. The van der Waals surface area contributed by atoms with Gasteiger partial charge in [0, 0.05) is 35.8 Å². The number of phenols is 1. The van der Waals surface area contributed by atoms with Crippen LogP contribution in [0.5, 0.6) is 5.75 Å². The number of rotatable bonds is 11. The number of likely N-dealkylation sites (tertiary alicyclic amines) is 1. The van der Waals surface area contributed by atoms with Gasteiger partial charge in [0.1, 0.15) is 23.9 Å². The van der Waals surface area contributed by atoms with Gasteiger partial charge in [-0.05, 0) is 48.6 Å². The van der Waals surface area contributed by atoms with Crippen molar-refractivity contribution in [3.05, 3.63) is 65.9 Å². The second-order valence-corrected chi connectivity index (χ2v) is 10.2. The first-order valence-electron chi connectivity index (χ1n) is 13.0. The molecular weight excluding hydrogens is 534 g/mol. The van der Waals surface area contributed by atoms with E-state index in [1.807, 2.05) is 30.5 Å². The Balaban J connectivity index is 1.47. The molecule has 0 radical (unpaired) electrons. The number of aromatic amines is 1. The van der Waals surface area contributed by atoms with Crippen molar-refractivity contribution in [3.63, 3.8) is 0 Å². The number of phenolic OH excluding ortho intramolecular Hbond substituents is 1. The fraction of sp³-hybridized carbons (Fsp3) is 0.357. The third-order valence-electron chi connectivity index (χ3n) is 7.08. The monoisotopic (exact) mass is 567 g/mol. The summed E-state index contributed by atoms with van der Waals surface area (Å²) in [7, 11) is 0. The number of aromatic nitrogens is 1. The maximum atomic E-state index is 13.4. The highest BCUT2D eigenvalue weighted by Gasteiger charge is 2.38. The molecule has 12 heteroatoms. The summed E-state index contributed by atoms with van der Waals surface area (Å²) >= 11 is 3.99. The predicted octanol–water partition coefficient (Wildman–Crippen LogP) is 0.961. The molecule has 7 N–H and O–H groups in total. The van der Waals surface area contributed by atoms with Crippen LogP contribution in [-0.4, -0.2) is 80.3 Å². The minimum atomic E-state index is -1.25. The zero-order valence-corrected chi connectivity index (χ0v) is 22.6. The SMILES string of the molecule is NC(Cc1c[nH]c2ccccc12)C(=O)N1CCCC1C(=O)NC(Cc1ccc(O)cc1)C(=O)NC(CS)C(=O)O. The van der Waals surface area contributed by atoms with Crippen molar-refractivity contribution < 1.29 is 29.4 Å². The van der Waals surface area contributed by atoms with Crippen molar-refractivity contribution in [2.45, 2.75) is 49.9 Å². The highest BCUT2D eigenvalue weighted by atomic mass is 32.1. The topological polar surface area (TPSA) is 178 Å². The second-order valence-electron chi connectivity index (χ2n) is 9.87. The van der Waals surface area contributed by atoms with E-state index in [2.05, 4.69) is 28.2 Å². The van der Waals surface area contributed by atoms with Gasteiger partial charge in [-0.3, -0.25) is 14.4 Å². The van der Waals surface area contributed by atoms with Gasteiger partial charge in [0.2, 0.25) is 17.7 Å². The third kappa shape index (κ3) is 6.75. The van der Waals surface area contributed by atoms with Gasteiger partial charge < -0.3 is 36.5 Å². The normalized spacial score (nSPS) is 17.2. The summed E-state index contributed by atoms with van der Waals surface area (Å²) in [6, 6.07) is 9.75. The molecule has 2 heterocycles. The number of hydrogen-bond acceptors (Lipinski definition) is 7. The number of para-hydroxylation sites is 1. The molecule has 3 aromatic rings. The largest absolute Gasteiger partial charge is 0.508 e. The summed E-state index contributed by atoms with van der Waals surface area (Å²) in [5.74, 6) is -2.94. The Morgan fingerprint density at radius 3 is 2.48 bits per heavy atom. The Hall–Kier alpha value is -4.03. The van der Waals surface area contributed by atoms with Crippen LogP contribution in [0.15, 0.2) is 54.7 Å². The molecule has 212 valence electrons. The summed E-state index contributed by atoms with van der Waals surface area (Å²) in [4.78, 5) is 55.9. The number of amides is 3. The lowest BCUT2D eigenvalue weighted by atomic mass is 10.0. The van der Waals surface area contributed by atoms with Crippen LogP contribution in [0.3, 0.4) is 0 Å². The van der Waals surface area contributed by atoms with Gasteiger partial charge in [-0.2, -0.15) is 12.6 Å². The standard InChI is InChI=1S/C28H33N5O6S/c29-20(13-17-14-30-21-5-2-1-4-19(17)21)27(37)33-11-3-6-24(33)26(36)31-22(12-16-7-9-18(34)10-8-16)25(35)32-23(15-40)28(38)39/h1-2,4-5,7-10,14,20,22-24,30,34,40H,3,6,11-13,15,29H2,(H,31,36)(H,32,35)(H,38,39). The number of fused-ring (bicyclic) bond motifs is 1. The molecule has 2 aromatic carbocycles. The van der Waals surface area contributed by atoms with Crippen molar-refractivity contribution in [1.29, 1.82) is 0 Å². The fourth-order valence-electron chi connectivity index (χ4n) is 4.94. The number of carboxylic acid groups (broad SMARTS) is 1. The van der Waals surface area contributed by atoms with E-state index in [1.54, 1.807) is 12.1 Å². The molecular formula is C28H33N5O6S. The molecule has 4 atom stereocenters. The highest BCUT2D eigenvalue weighted by molar-refractivity contribution is 7.80. The van der Waals surface area contributed by atoms with Gasteiger partial charge in [-0.25, -0.2) is 4.79 Å². The number of thiol groups is 1. The molecule has 0 saturated carbocycles. The van der Waals surface area contributed by atoms with Crippen LogP contribution >= 0.6 is 12.6 Å². The molecule has 4 unspecified atom stereocenters. The molecule has 1 saturated heterocycles. The Morgan fingerprint density at radius 2 is 1.77 bits per heavy atom. The zero-order valence-electron chi connectivity index (χ0n) is 21.7. The molecule has 1 aliphatic rings. The Bertz CT molecular complexity index is 1380. The van der Waals surface area contributed by atoms with E-state index in [0.29, 0.717) is 31.4 Å². The Morgan fingerprint density at radius 1 is 1.05 bits per heavy atom. The molecule has 3 amide bonds. The van der Waals surface area contributed by atoms with Crippen LogP contribution in [0.2, 0.25) is 0 Å². The number of nitrogens with zero attached hydrogens (tertiary/aromatic N) is 1. The van der Waals surface area contributed by atoms with E-state index in [9.17, 15) is 29.4 Å². The number of benzene rings is 2. The van der Waals surface area contributed by atoms with Crippen LogP contribution in [-0.2, 0) is 32.0 Å².